The number of hydrogen-bond donors (Lipinski definition) is 3. The summed E-state index contributed by atoms with van der Waals surface area (Å²) in [5.74, 6) is -1.03. The molecule has 0 aromatic heterocycles. The smallest absolute Gasteiger partial charge is 0.317 e. The number of carboxylic acids is 1. The Bertz CT molecular complexity index is 323. The maximum absolute atomic E-state index is 11.8. The molecule has 2 amide bonds. The summed E-state index contributed by atoms with van der Waals surface area (Å²) in [7, 11) is 0. The van der Waals surface area contributed by atoms with Gasteiger partial charge in [-0.2, -0.15) is 0 Å². The lowest BCUT2D eigenvalue weighted by atomic mass is 9.97. The first-order valence-corrected chi connectivity index (χ1v) is 7.16. The number of hydrogen-bond acceptors (Lipinski definition) is 3. The first-order valence-electron chi connectivity index (χ1n) is 7.16. The van der Waals surface area contributed by atoms with Crippen molar-refractivity contribution in [2.24, 2.45) is 5.92 Å². The van der Waals surface area contributed by atoms with Crippen molar-refractivity contribution in [2.45, 2.75) is 38.1 Å². The van der Waals surface area contributed by atoms with Gasteiger partial charge in [-0.1, -0.05) is 0 Å². The molecule has 2 aliphatic rings. The van der Waals surface area contributed by atoms with Gasteiger partial charge in [0.25, 0.3) is 0 Å². The number of urea groups is 1. The fourth-order valence-electron chi connectivity index (χ4n) is 2.32. The topological polar surface area (TPSA) is 81.7 Å². The molecule has 0 aromatic carbocycles. The maximum atomic E-state index is 11.8. The third-order valence-electron chi connectivity index (χ3n) is 3.77. The monoisotopic (exact) mass is 269 g/mol. The Hall–Kier alpha value is -1.30. The molecule has 0 atom stereocenters. The van der Waals surface area contributed by atoms with E-state index in [0.29, 0.717) is 38.5 Å². The summed E-state index contributed by atoms with van der Waals surface area (Å²) in [6, 6.07) is 0.654. The van der Waals surface area contributed by atoms with Crippen LogP contribution in [0.25, 0.3) is 0 Å². The van der Waals surface area contributed by atoms with Gasteiger partial charge in [0.15, 0.2) is 0 Å². The SMILES string of the molecule is O=C(O)C1CCN(C(=O)NCCCNC2CC2)CC1. The van der Waals surface area contributed by atoms with Crippen molar-refractivity contribution >= 4 is 12.0 Å². The Labute approximate surface area is 113 Å². The molecular formula is C13H23N3O3. The van der Waals surface area contributed by atoms with Gasteiger partial charge in [0.2, 0.25) is 0 Å². The van der Waals surface area contributed by atoms with Crippen LogP contribution in [0.4, 0.5) is 4.79 Å². The molecule has 2 rings (SSSR count). The first-order chi connectivity index (χ1) is 9.16. The number of nitrogens with zero attached hydrogens (tertiary/aromatic N) is 1. The fourth-order valence-corrected chi connectivity index (χ4v) is 2.32. The first kappa shape index (κ1) is 14.1. The Morgan fingerprint density at radius 1 is 1.11 bits per heavy atom. The van der Waals surface area contributed by atoms with E-state index in [1.165, 1.54) is 12.8 Å². The van der Waals surface area contributed by atoms with Crippen LogP contribution in [0, 0.1) is 5.92 Å². The Morgan fingerprint density at radius 3 is 2.37 bits per heavy atom. The van der Waals surface area contributed by atoms with Crippen molar-refractivity contribution < 1.29 is 14.7 Å². The second kappa shape index (κ2) is 6.75. The summed E-state index contributed by atoms with van der Waals surface area (Å²) in [4.78, 5) is 24.4. The molecule has 1 heterocycles. The van der Waals surface area contributed by atoms with Gasteiger partial charge in [-0.05, 0) is 38.6 Å². The maximum Gasteiger partial charge on any atom is 0.317 e. The number of likely N-dealkylation sites (tertiary alicyclic amines) is 1. The largest absolute Gasteiger partial charge is 0.481 e. The highest BCUT2D eigenvalue weighted by Crippen LogP contribution is 2.18. The summed E-state index contributed by atoms with van der Waals surface area (Å²) in [6.07, 6.45) is 4.63. The quantitative estimate of drug-likeness (QED) is 0.618. The van der Waals surface area contributed by atoms with E-state index in [4.69, 9.17) is 5.11 Å². The summed E-state index contributed by atoms with van der Waals surface area (Å²) < 4.78 is 0. The van der Waals surface area contributed by atoms with Crippen LogP contribution in [0.3, 0.4) is 0 Å². The highest BCUT2D eigenvalue weighted by Gasteiger charge is 2.26. The number of rotatable bonds is 6. The molecule has 19 heavy (non-hydrogen) atoms. The van der Waals surface area contributed by atoms with Gasteiger partial charge in [0.05, 0.1) is 5.92 Å². The zero-order valence-corrected chi connectivity index (χ0v) is 11.2. The number of carbonyl (C=O) groups excluding carboxylic acids is 1. The molecule has 0 aromatic rings. The highest BCUT2D eigenvalue weighted by molar-refractivity contribution is 5.75. The minimum atomic E-state index is -0.744. The molecule has 6 heteroatoms. The van der Waals surface area contributed by atoms with Crippen molar-refractivity contribution in [2.75, 3.05) is 26.2 Å². The standard InChI is InChI=1S/C13H23N3O3/c17-12(18)10-4-8-16(9-5-10)13(19)15-7-1-6-14-11-2-3-11/h10-11,14H,1-9H2,(H,15,19)(H,17,18). The van der Waals surface area contributed by atoms with Gasteiger partial charge < -0.3 is 20.6 Å². The second-order valence-corrected chi connectivity index (χ2v) is 5.41. The van der Waals surface area contributed by atoms with Crippen LogP contribution in [0.15, 0.2) is 0 Å². The van der Waals surface area contributed by atoms with E-state index in [1.807, 2.05) is 0 Å². The molecule has 0 radical (unpaired) electrons. The van der Waals surface area contributed by atoms with Gasteiger partial charge in [0, 0.05) is 25.7 Å². The lowest BCUT2D eigenvalue weighted by molar-refractivity contribution is -0.143. The molecule has 0 unspecified atom stereocenters. The van der Waals surface area contributed by atoms with Gasteiger partial charge in [-0.15, -0.1) is 0 Å². The van der Waals surface area contributed by atoms with Crippen molar-refractivity contribution in [3.8, 4) is 0 Å². The molecule has 1 aliphatic heterocycles. The minimum absolute atomic E-state index is 0.0599. The summed E-state index contributed by atoms with van der Waals surface area (Å²) in [5, 5.41) is 15.2. The Balaban J connectivity index is 1.54. The predicted octanol–water partition coefficient (Wildman–Crippen LogP) is 0.635. The molecule has 2 fully saturated rings. The van der Waals surface area contributed by atoms with Gasteiger partial charge in [-0.25, -0.2) is 4.79 Å². The van der Waals surface area contributed by atoms with Gasteiger partial charge >= 0.3 is 12.0 Å². The molecule has 3 N–H and O–H groups in total. The number of aliphatic carboxylic acids is 1. The van der Waals surface area contributed by atoms with E-state index in [2.05, 4.69) is 10.6 Å². The Kier molecular flexibility index (Phi) is 5.01. The lowest BCUT2D eigenvalue weighted by Gasteiger charge is -2.30. The number of amides is 2. The third-order valence-corrected chi connectivity index (χ3v) is 3.77. The van der Waals surface area contributed by atoms with Crippen LogP contribution in [-0.4, -0.2) is 54.2 Å². The molecule has 108 valence electrons. The molecule has 1 saturated carbocycles. The van der Waals surface area contributed by atoms with E-state index in [9.17, 15) is 9.59 Å². The van der Waals surface area contributed by atoms with Gasteiger partial charge in [0.1, 0.15) is 0 Å². The van der Waals surface area contributed by atoms with Crippen LogP contribution in [0.2, 0.25) is 0 Å². The van der Waals surface area contributed by atoms with Crippen LogP contribution in [-0.2, 0) is 4.79 Å². The average Bonchev–Trinajstić information content (AvgIpc) is 3.22. The van der Waals surface area contributed by atoms with Gasteiger partial charge in [-0.3, -0.25) is 4.79 Å². The highest BCUT2D eigenvalue weighted by atomic mass is 16.4. The number of carbonyl (C=O) groups is 2. The van der Waals surface area contributed by atoms with E-state index in [-0.39, 0.29) is 11.9 Å². The molecule has 0 bridgehead atoms. The fraction of sp³-hybridized carbons (Fsp3) is 0.846. The number of piperidine rings is 1. The predicted molar refractivity (Wildman–Crippen MR) is 71.0 cm³/mol. The van der Waals surface area contributed by atoms with E-state index >= 15 is 0 Å². The Morgan fingerprint density at radius 2 is 1.79 bits per heavy atom. The average molecular weight is 269 g/mol. The molecule has 1 saturated heterocycles. The lowest BCUT2D eigenvalue weighted by Crippen LogP contribution is -2.45. The number of nitrogens with one attached hydrogen (secondary N) is 2. The van der Waals surface area contributed by atoms with Crippen LogP contribution in [0.5, 0.6) is 0 Å². The molecular weight excluding hydrogens is 246 g/mol. The number of carboxylic acid groups (broad SMARTS) is 1. The molecule has 1 aliphatic carbocycles. The third kappa shape index (κ3) is 4.70. The van der Waals surface area contributed by atoms with Crippen molar-refractivity contribution in [3.63, 3.8) is 0 Å². The zero-order chi connectivity index (χ0) is 13.7. The van der Waals surface area contributed by atoms with Crippen LogP contribution >= 0.6 is 0 Å². The van der Waals surface area contributed by atoms with E-state index in [1.54, 1.807) is 4.90 Å². The molecule has 0 spiro atoms. The summed E-state index contributed by atoms with van der Waals surface area (Å²) >= 11 is 0. The van der Waals surface area contributed by atoms with Crippen molar-refractivity contribution in [3.05, 3.63) is 0 Å². The molecule has 6 nitrogen and oxygen atoms in total. The normalized spacial score (nSPS) is 20.3. The summed E-state index contributed by atoms with van der Waals surface area (Å²) in [5.41, 5.74) is 0. The van der Waals surface area contributed by atoms with E-state index < -0.39 is 5.97 Å². The van der Waals surface area contributed by atoms with Crippen LogP contribution in [0.1, 0.15) is 32.1 Å². The summed E-state index contributed by atoms with van der Waals surface area (Å²) in [6.45, 7) is 2.72. The second-order valence-electron chi connectivity index (χ2n) is 5.41. The van der Waals surface area contributed by atoms with Crippen molar-refractivity contribution in [1.29, 1.82) is 0 Å². The van der Waals surface area contributed by atoms with Crippen LogP contribution < -0.4 is 10.6 Å². The zero-order valence-electron chi connectivity index (χ0n) is 11.2. The van der Waals surface area contributed by atoms with E-state index in [0.717, 1.165) is 13.0 Å². The minimum Gasteiger partial charge on any atom is -0.481 e. The van der Waals surface area contributed by atoms with Crippen molar-refractivity contribution in [1.82, 2.24) is 15.5 Å².